The summed E-state index contributed by atoms with van der Waals surface area (Å²) in [5, 5.41) is 5.46. The van der Waals surface area contributed by atoms with Gasteiger partial charge < -0.3 is 10.6 Å². The highest BCUT2D eigenvalue weighted by Gasteiger charge is 2.15. The molecule has 3 rings (SSSR count). The number of pyridine rings is 1. The van der Waals surface area contributed by atoms with Crippen molar-refractivity contribution in [2.75, 3.05) is 5.32 Å². The lowest BCUT2D eigenvalue weighted by atomic mass is 10.1. The van der Waals surface area contributed by atoms with E-state index in [0.717, 1.165) is 21.3 Å². The standard InChI is InChI=1S/C23H20BrN3O2/c1-15-6-10-18(11-7-15)22(28)26-20(14-17-8-12-19(24)13-9-17)23(29)27-21-5-3-4-16(2)25-21/h3-14H,1-2H3,(H,26,28)(H,25,27,29). The van der Waals surface area contributed by atoms with Gasteiger partial charge in [0.2, 0.25) is 0 Å². The van der Waals surface area contributed by atoms with Crippen LogP contribution in [0.2, 0.25) is 0 Å². The van der Waals surface area contributed by atoms with Crippen LogP contribution in [-0.4, -0.2) is 16.8 Å². The third-order valence-corrected chi connectivity index (χ3v) is 4.65. The van der Waals surface area contributed by atoms with Crippen LogP contribution in [0.4, 0.5) is 5.82 Å². The minimum atomic E-state index is -0.452. The second-order valence-corrected chi connectivity index (χ2v) is 7.46. The summed E-state index contributed by atoms with van der Waals surface area (Å²) in [6, 6.07) is 19.9. The highest BCUT2D eigenvalue weighted by molar-refractivity contribution is 9.10. The zero-order valence-corrected chi connectivity index (χ0v) is 17.7. The quantitative estimate of drug-likeness (QED) is 0.545. The second kappa shape index (κ2) is 9.30. The van der Waals surface area contributed by atoms with E-state index in [0.29, 0.717) is 11.4 Å². The number of halogens is 1. The second-order valence-electron chi connectivity index (χ2n) is 6.55. The molecule has 0 spiro atoms. The van der Waals surface area contributed by atoms with Gasteiger partial charge in [-0.2, -0.15) is 0 Å². The molecule has 5 nitrogen and oxygen atoms in total. The third-order valence-electron chi connectivity index (χ3n) is 4.12. The molecular formula is C23H20BrN3O2. The third kappa shape index (κ3) is 5.86. The van der Waals surface area contributed by atoms with Crippen molar-refractivity contribution in [3.8, 4) is 0 Å². The number of aromatic nitrogens is 1. The number of rotatable bonds is 5. The van der Waals surface area contributed by atoms with Crippen molar-refractivity contribution in [1.82, 2.24) is 10.3 Å². The Labute approximate surface area is 178 Å². The minimum Gasteiger partial charge on any atom is -0.317 e. The minimum absolute atomic E-state index is 0.126. The maximum Gasteiger partial charge on any atom is 0.273 e. The van der Waals surface area contributed by atoms with E-state index in [1.165, 1.54) is 0 Å². The van der Waals surface area contributed by atoms with E-state index in [1.807, 2.05) is 56.3 Å². The Morgan fingerprint density at radius 3 is 2.28 bits per heavy atom. The van der Waals surface area contributed by atoms with Gasteiger partial charge in [-0.05, 0) is 61.9 Å². The van der Waals surface area contributed by atoms with E-state index in [1.54, 1.807) is 30.3 Å². The van der Waals surface area contributed by atoms with Crippen LogP contribution in [0, 0.1) is 13.8 Å². The van der Waals surface area contributed by atoms with Gasteiger partial charge in [-0.15, -0.1) is 0 Å². The molecule has 1 aromatic heterocycles. The average Bonchev–Trinajstić information content (AvgIpc) is 2.69. The Morgan fingerprint density at radius 1 is 0.931 bits per heavy atom. The lowest BCUT2D eigenvalue weighted by molar-refractivity contribution is -0.113. The Morgan fingerprint density at radius 2 is 1.62 bits per heavy atom. The van der Waals surface area contributed by atoms with Crippen LogP contribution in [0.3, 0.4) is 0 Å². The number of hydrogen-bond donors (Lipinski definition) is 2. The number of hydrogen-bond acceptors (Lipinski definition) is 3. The van der Waals surface area contributed by atoms with Crippen molar-refractivity contribution < 1.29 is 9.59 Å². The molecule has 146 valence electrons. The fourth-order valence-electron chi connectivity index (χ4n) is 2.58. The summed E-state index contributed by atoms with van der Waals surface area (Å²) in [6.07, 6.45) is 1.63. The van der Waals surface area contributed by atoms with Gasteiger partial charge in [0.05, 0.1) is 0 Å². The number of carbonyl (C=O) groups is 2. The van der Waals surface area contributed by atoms with Crippen molar-refractivity contribution >= 4 is 39.6 Å². The average molecular weight is 450 g/mol. The number of carbonyl (C=O) groups excluding carboxylic acids is 2. The van der Waals surface area contributed by atoms with Gasteiger partial charge >= 0.3 is 0 Å². The normalized spacial score (nSPS) is 11.1. The van der Waals surface area contributed by atoms with E-state index in [-0.39, 0.29) is 11.6 Å². The highest BCUT2D eigenvalue weighted by atomic mass is 79.9. The zero-order chi connectivity index (χ0) is 20.8. The number of nitrogens with zero attached hydrogens (tertiary/aromatic N) is 1. The summed E-state index contributed by atoms with van der Waals surface area (Å²) in [4.78, 5) is 29.8. The number of benzene rings is 2. The SMILES string of the molecule is Cc1ccc(C(=O)NC(=Cc2ccc(Br)cc2)C(=O)Nc2cccc(C)n2)cc1. The van der Waals surface area contributed by atoms with Crippen molar-refractivity contribution in [2.45, 2.75) is 13.8 Å². The van der Waals surface area contributed by atoms with Crippen molar-refractivity contribution in [1.29, 1.82) is 0 Å². The zero-order valence-electron chi connectivity index (χ0n) is 16.1. The number of nitrogens with one attached hydrogen (secondary N) is 2. The number of anilines is 1. The molecule has 0 atom stereocenters. The molecule has 6 heteroatoms. The predicted octanol–water partition coefficient (Wildman–Crippen LogP) is 4.87. The molecule has 0 fully saturated rings. The van der Waals surface area contributed by atoms with Gasteiger partial charge in [-0.3, -0.25) is 9.59 Å². The van der Waals surface area contributed by atoms with Gasteiger partial charge in [0, 0.05) is 15.7 Å². The first-order valence-corrected chi connectivity index (χ1v) is 9.80. The smallest absolute Gasteiger partial charge is 0.273 e. The van der Waals surface area contributed by atoms with Gasteiger partial charge in [-0.25, -0.2) is 4.98 Å². The monoisotopic (exact) mass is 449 g/mol. The number of aryl methyl sites for hydroxylation is 2. The largest absolute Gasteiger partial charge is 0.317 e. The van der Waals surface area contributed by atoms with Crippen molar-refractivity contribution in [3.63, 3.8) is 0 Å². The molecule has 0 saturated heterocycles. The summed E-state index contributed by atoms with van der Waals surface area (Å²) in [5.41, 5.74) is 3.21. The van der Waals surface area contributed by atoms with E-state index in [2.05, 4.69) is 31.5 Å². The van der Waals surface area contributed by atoms with E-state index < -0.39 is 5.91 Å². The summed E-state index contributed by atoms with van der Waals surface area (Å²) in [5.74, 6) is -0.395. The fourth-order valence-corrected chi connectivity index (χ4v) is 2.84. The molecule has 29 heavy (non-hydrogen) atoms. The van der Waals surface area contributed by atoms with Crippen LogP contribution in [0.1, 0.15) is 27.2 Å². The van der Waals surface area contributed by atoms with E-state index in [9.17, 15) is 9.59 Å². The van der Waals surface area contributed by atoms with Crippen LogP contribution >= 0.6 is 15.9 Å². The molecule has 0 unspecified atom stereocenters. The van der Waals surface area contributed by atoms with Crippen LogP contribution in [0.15, 0.2) is 76.9 Å². The highest BCUT2D eigenvalue weighted by Crippen LogP contribution is 2.14. The van der Waals surface area contributed by atoms with Crippen LogP contribution in [0.5, 0.6) is 0 Å². The molecule has 2 N–H and O–H groups in total. The lowest BCUT2D eigenvalue weighted by Crippen LogP contribution is -2.31. The van der Waals surface area contributed by atoms with Crippen molar-refractivity contribution in [2.24, 2.45) is 0 Å². The summed E-state index contributed by atoms with van der Waals surface area (Å²) < 4.78 is 0.924. The van der Waals surface area contributed by atoms with E-state index in [4.69, 9.17) is 0 Å². The van der Waals surface area contributed by atoms with E-state index >= 15 is 0 Å². The predicted molar refractivity (Wildman–Crippen MR) is 118 cm³/mol. The summed E-state index contributed by atoms with van der Waals surface area (Å²) in [6.45, 7) is 3.79. The summed E-state index contributed by atoms with van der Waals surface area (Å²) in [7, 11) is 0. The van der Waals surface area contributed by atoms with Crippen LogP contribution in [0.25, 0.3) is 6.08 Å². The van der Waals surface area contributed by atoms with Crippen molar-refractivity contribution in [3.05, 3.63) is 99.3 Å². The molecule has 0 bridgehead atoms. The first-order valence-electron chi connectivity index (χ1n) is 9.01. The van der Waals surface area contributed by atoms with Gasteiger partial charge in [-0.1, -0.05) is 51.8 Å². The first-order chi connectivity index (χ1) is 13.9. The maximum absolute atomic E-state index is 12.9. The van der Waals surface area contributed by atoms with Crippen LogP contribution < -0.4 is 10.6 Å². The number of amides is 2. The summed E-state index contributed by atoms with van der Waals surface area (Å²) >= 11 is 3.39. The molecule has 2 aromatic carbocycles. The molecule has 0 aliphatic heterocycles. The van der Waals surface area contributed by atoms with Crippen LogP contribution in [-0.2, 0) is 4.79 Å². The molecule has 2 amide bonds. The molecule has 3 aromatic rings. The molecule has 1 heterocycles. The Balaban J connectivity index is 1.88. The molecule has 0 aliphatic carbocycles. The fraction of sp³-hybridized carbons (Fsp3) is 0.0870. The Kier molecular flexibility index (Phi) is 6.57. The first kappa shape index (κ1) is 20.5. The van der Waals surface area contributed by atoms with Gasteiger partial charge in [0.25, 0.3) is 11.8 Å². The van der Waals surface area contributed by atoms with Gasteiger partial charge in [0.1, 0.15) is 11.5 Å². The molecule has 0 aliphatic rings. The topological polar surface area (TPSA) is 71.1 Å². The maximum atomic E-state index is 12.9. The molecule has 0 saturated carbocycles. The molecular weight excluding hydrogens is 430 g/mol. The Bertz CT molecular complexity index is 1060. The molecule has 0 radical (unpaired) electrons. The lowest BCUT2D eigenvalue weighted by Gasteiger charge is -2.11. The van der Waals surface area contributed by atoms with Gasteiger partial charge in [0.15, 0.2) is 0 Å². The Hall–Kier alpha value is -3.25.